The molecule has 3 aromatic rings. The molecule has 0 aliphatic heterocycles. The normalized spacial score (nSPS) is 15.7. The quantitative estimate of drug-likeness (QED) is 0.733. The van der Waals surface area contributed by atoms with Crippen molar-refractivity contribution in [3.8, 4) is 0 Å². The van der Waals surface area contributed by atoms with E-state index in [1.54, 1.807) is 0 Å². The Balaban J connectivity index is 1.62. The van der Waals surface area contributed by atoms with Crippen LogP contribution in [0.5, 0.6) is 0 Å². The van der Waals surface area contributed by atoms with E-state index in [1.807, 2.05) is 12.3 Å². The molecular weight excluding hydrogens is 246 g/mol. The van der Waals surface area contributed by atoms with Gasteiger partial charge in [-0.3, -0.25) is 5.10 Å². The number of rotatable bonds is 2. The van der Waals surface area contributed by atoms with Crippen molar-refractivity contribution in [3.63, 3.8) is 0 Å². The zero-order valence-electron chi connectivity index (χ0n) is 11.1. The maximum absolute atomic E-state index is 4.04. The first kappa shape index (κ1) is 11.3. The fourth-order valence-corrected chi connectivity index (χ4v) is 2.81. The number of hydrogen-bond donors (Lipinski definition) is 2. The molecule has 0 spiro atoms. The van der Waals surface area contributed by atoms with Gasteiger partial charge in [-0.05, 0) is 47.7 Å². The van der Waals surface area contributed by atoms with Gasteiger partial charge in [-0.15, -0.1) is 0 Å². The maximum Gasteiger partial charge on any atom is 0.0651 e. The highest BCUT2D eigenvalue weighted by Gasteiger charge is 2.14. The van der Waals surface area contributed by atoms with Gasteiger partial charge in [0, 0.05) is 17.3 Å². The third kappa shape index (κ3) is 1.88. The van der Waals surface area contributed by atoms with Crippen molar-refractivity contribution < 1.29 is 0 Å². The first-order valence-corrected chi connectivity index (χ1v) is 6.87. The predicted octanol–water partition coefficient (Wildman–Crippen LogP) is 3.96. The van der Waals surface area contributed by atoms with E-state index in [-0.39, 0.29) is 0 Å². The van der Waals surface area contributed by atoms with Crippen LogP contribution in [0.1, 0.15) is 17.5 Å². The van der Waals surface area contributed by atoms with Gasteiger partial charge in [0.2, 0.25) is 0 Å². The molecular formula is C17H15N3. The number of fused-ring (bicyclic) bond motifs is 2. The van der Waals surface area contributed by atoms with Crippen molar-refractivity contribution in [2.45, 2.75) is 12.8 Å². The van der Waals surface area contributed by atoms with Crippen LogP contribution in [0.2, 0.25) is 0 Å². The molecule has 0 saturated carbocycles. The van der Waals surface area contributed by atoms with E-state index in [1.165, 1.54) is 16.7 Å². The fraction of sp³-hybridized carbons (Fsp3) is 0.118. The summed E-state index contributed by atoms with van der Waals surface area (Å²) in [5.74, 6) is 0. The molecule has 1 aliphatic rings. The number of aromatic nitrogens is 2. The van der Waals surface area contributed by atoms with Gasteiger partial charge in [-0.25, -0.2) is 0 Å². The van der Waals surface area contributed by atoms with Crippen molar-refractivity contribution in [1.82, 2.24) is 10.2 Å². The number of allylic oxidation sites excluding steroid dienone is 1. The Morgan fingerprint density at radius 2 is 2.05 bits per heavy atom. The Kier molecular flexibility index (Phi) is 2.56. The van der Waals surface area contributed by atoms with Crippen molar-refractivity contribution in [2.75, 3.05) is 5.32 Å². The van der Waals surface area contributed by atoms with Gasteiger partial charge in [-0.1, -0.05) is 24.3 Å². The maximum atomic E-state index is 4.04. The molecule has 98 valence electrons. The topological polar surface area (TPSA) is 40.7 Å². The molecule has 0 bridgehead atoms. The third-order valence-corrected chi connectivity index (χ3v) is 3.88. The van der Waals surface area contributed by atoms with Crippen LogP contribution < -0.4 is 5.32 Å². The highest BCUT2D eigenvalue weighted by atomic mass is 15.1. The smallest absolute Gasteiger partial charge is 0.0651 e. The van der Waals surface area contributed by atoms with E-state index in [0.29, 0.717) is 0 Å². The summed E-state index contributed by atoms with van der Waals surface area (Å²) in [6, 6.07) is 14.9. The zero-order chi connectivity index (χ0) is 13.4. The van der Waals surface area contributed by atoms with E-state index >= 15 is 0 Å². The number of anilines is 1. The largest absolute Gasteiger partial charge is 0.361 e. The Bertz CT molecular complexity index is 799. The average molecular weight is 261 g/mol. The van der Waals surface area contributed by atoms with Crippen molar-refractivity contribution in [1.29, 1.82) is 0 Å². The second-order valence-corrected chi connectivity index (χ2v) is 5.14. The molecule has 4 rings (SSSR count). The van der Waals surface area contributed by atoms with Gasteiger partial charge >= 0.3 is 0 Å². The first-order valence-electron chi connectivity index (χ1n) is 6.87. The summed E-state index contributed by atoms with van der Waals surface area (Å²) in [4.78, 5) is 0. The standard InChI is InChI=1S/C17H15N3/c1-2-4-16-12(3-1)5-6-13(16)10-18-15-7-8-17-14(9-15)11-19-20-17/h1-4,7-11,18H,5-6H2,(H,19,20)/b13-10+. The van der Waals surface area contributed by atoms with E-state index in [0.717, 1.165) is 29.4 Å². The van der Waals surface area contributed by atoms with Crippen LogP contribution >= 0.6 is 0 Å². The summed E-state index contributed by atoms with van der Waals surface area (Å²) in [5, 5.41) is 11.5. The number of hydrogen-bond acceptors (Lipinski definition) is 2. The Labute approximate surface area is 117 Å². The molecule has 20 heavy (non-hydrogen) atoms. The molecule has 2 aromatic carbocycles. The van der Waals surface area contributed by atoms with Gasteiger partial charge in [0.25, 0.3) is 0 Å². The minimum Gasteiger partial charge on any atom is -0.361 e. The Hall–Kier alpha value is -2.55. The van der Waals surface area contributed by atoms with Gasteiger partial charge < -0.3 is 5.32 Å². The number of nitrogens with zero attached hydrogens (tertiary/aromatic N) is 1. The molecule has 1 aliphatic carbocycles. The van der Waals surface area contributed by atoms with E-state index in [2.05, 4.69) is 58.1 Å². The second-order valence-electron chi connectivity index (χ2n) is 5.14. The monoisotopic (exact) mass is 261 g/mol. The number of benzene rings is 2. The molecule has 1 heterocycles. The number of aryl methyl sites for hydroxylation is 1. The minimum absolute atomic E-state index is 1.06. The molecule has 0 amide bonds. The fourth-order valence-electron chi connectivity index (χ4n) is 2.81. The van der Waals surface area contributed by atoms with Crippen molar-refractivity contribution in [3.05, 3.63) is 66.0 Å². The summed E-state index contributed by atoms with van der Waals surface area (Å²) in [7, 11) is 0. The first-order chi connectivity index (χ1) is 9.90. The van der Waals surface area contributed by atoms with Gasteiger partial charge in [-0.2, -0.15) is 5.10 Å². The van der Waals surface area contributed by atoms with E-state index in [9.17, 15) is 0 Å². The predicted molar refractivity (Wildman–Crippen MR) is 82.5 cm³/mol. The van der Waals surface area contributed by atoms with Crippen molar-refractivity contribution in [2.24, 2.45) is 0 Å². The third-order valence-electron chi connectivity index (χ3n) is 3.88. The van der Waals surface area contributed by atoms with Crippen LogP contribution in [-0.2, 0) is 6.42 Å². The SMILES string of the molecule is C(/Nc1ccc2[nH]ncc2c1)=C1/CCc2ccccc21. The van der Waals surface area contributed by atoms with E-state index < -0.39 is 0 Å². The van der Waals surface area contributed by atoms with Crippen LogP contribution in [0.4, 0.5) is 5.69 Å². The summed E-state index contributed by atoms with van der Waals surface area (Å²) < 4.78 is 0. The van der Waals surface area contributed by atoms with Gasteiger partial charge in [0.1, 0.15) is 0 Å². The molecule has 2 N–H and O–H groups in total. The van der Waals surface area contributed by atoms with Crippen LogP contribution in [0, 0.1) is 0 Å². The summed E-state index contributed by atoms with van der Waals surface area (Å²) in [6.07, 6.45) is 6.23. The Morgan fingerprint density at radius 1 is 1.10 bits per heavy atom. The summed E-state index contributed by atoms with van der Waals surface area (Å²) in [6.45, 7) is 0. The molecule has 3 nitrogen and oxygen atoms in total. The Morgan fingerprint density at radius 3 is 3.05 bits per heavy atom. The van der Waals surface area contributed by atoms with Gasteiger partial charge in [0.05, 0.1) is 11.7 Å². The van der Waals surface area contributed by atoms with Gasteiger partial charge in [0.15, 0.2) is 0 Å². The summed E-state index contributed by atoms with van der Waals surface area (Å²) >= 11 is 0. The number of nitrogens with one attached hydrogen (secondary N) is 2. The summed E-state index contributed by atoms with van der Waals surface area (Å²) in [5.41, 5.74) is 6.37. The molecule has 0 radical (unpaired) electrons. The highest BCUT2D eigenvalue weighted by Crippen LogP contribution is 2.31. The molecule has 0 atom stereocenters. The van der Waals surface area contributed by atoms with Crippen LogP contribution in [0.25, 0.3) is 16.5 Å². The molecule has 3 heteroatoms. The lowest BCUT2D eigenvalue weighted by Gasteiger charge is -2.04. The molecule has 0 unspecified atom stereocenters. The lowest BCUT2D eigenvalue weighted by Crippen LogP contribution is -1.89. The van der Waals surface area contributed by atoms with E-state index in [4.69, 9.17) is 0 Å². The average Bonchev–Trinajstić information content (AvgIpc) is 3.11. The lowest BCUT2D eigenvalue weighted by atomic mass is 10.1. The van der Waals surface area contributed by atoms with Crippen LogP contribution in [0.3, 0.4) is 0 Å². The molecule has 0 saturated heterocycles. The second kappa shape index (κ2) is 4.53. The van der Waals surface area contributed by atoms with Crippen LogP contribution in [-0.4, -0.2) is 10.2 Å². The lowest BCUT2D eigenvalue weighted by molar-refractivity contribution is 1.08. The number of H-pyrrole nitrogens is 1. The molecule has 0 fully saturated rings. The number of aromatic amines is 1. The zero-order valence-corrected chi connectivity index (χ0v) is 11.1. The highest BCUT2D eigenvalue weighted by molar-refractivity contribution is 5.82. The van der Waals surface area contributed by atoms with Crippen molar-refractivity contribution >= 4 is 22.2 Å². The minimum atomic E-state index is 1.06. The van der Waals surface area contributed by atoms with Crippen LogP contribution in [0.15, 0.2) is 54.9 Å². The molecule has 1 aromatic heterocycles.